The number of nitrogens with one attached hydrogen (secondary N) is 2. The maximum atomic E-state index is 12.2. The lowest BCUT2D eigenvalue weighted by Crippen LogP contribution is -2.31. The van der Waals surface area contributed by atoms with E-state index in [0.717, 1.165) is 35.5 Å². The van der Waals surface area contributed by atoms with Crippen LogP contribution in [0.4, 0.5) is 16.2 Å². The van der Waals surface area contributed by atoms with Gasteiger partial charge in [0.25, 0.3) is 0 Å². The second-order valence-electron chi connectivity index (χ2n) is 6.43. The van der Waals surface area contributed by atoms with Crippen molar-refractivity contribution in [1.82, 2.24) is 5.32 Å². The van der Waals surface area contributed by atoms with Crippen molar-refractivity contribution in [3.63, 3.8) is 0 Å². The van der Waals surface area contributed by atoms with Crippen molar-refractivity contribution in [3.8, 4) is 0 Å². The molecule has 2 aromatic carbocycles. The Morgan fingerprint density at radius 1 is 1.16 bits per heavy atom. The molecule has 1 aliphatic heterocycles. The van der Waals surface area contributed by atoms with Crippen LogP contribution >= 0.6 is 0 Å². The van der Waals surface area contributed by atoms with Crippen molar-refractivity contribution in [3.05, 3.63) is 59.7 Å². The second-order valence-corrected chi connectivity index (χ2v) is 6.43. The lowest BCUT2D eigenvalue weighted by Gasteiger charge is -2.19. The number of anilines is 2. The summed E-state index contributed by atoms with van der Waals surface area (Å²) >= 11 is 0. The van der Waals surface area contributed by atoms with Gasteiger partial charge >= 0.3 is 6.03 Å². The smallest absolute Gasteiger partial charge is 0.319 e. The van der Waals surface area contributed by atoms with Gasteiger partial charge in [-0.25, -0.2) is 4.79 Å². The van der Waals surface area contributed by atoms with E-state index in [4.69, 9.17) is 0 Å². The fourth-order valence-corrected chi connectivity index (χ4v) is 2.97. The number of urea groups is 1. The average molecular weight is 337 g/mol. The van der Waals surface area contributed by atoms with E-state index in [1.165, 1.54) is 0 Å². The van der Waals surface area contributed by atoms with E-state index in [1.807, 2.05) is 67.3 Å². The van der Waals surface area contributed by atoms with E-state index < -0.39 is 0 Å². The van der Waals surface area contributed by atoms with Crippen molar-refractivity contribution in [2.24, 2.45) is 0 Å². The number of hydrogen-bond donors (Lipinski definition) is 2. The van der Waals surface area contributed by atoms with E-state index >= 15 is 0 Å². The van der Waals surface area contributed by atoms with E-state index in [2.05, 4.69) is 10.6 Å². The first kappa shape index (κ1) is 17.0. The van der Waals surface area contributed by atoms with Crippen molar-refractivity contribution in [2.75, 3.05) is 16.8 Å². The summed E-state index contributed by atoms with van der Waals surface area (Å²) in [5.41, 5.74) is 3.77. The molecule has 0 spiro atoms. The molecule has 130 valence electrons. The monoisotopic (exact) mass is 337 g/mol. The van der Waals surface area contributed by atoms with Crippen LogP contribution in [0, 0.1) is 6.92 Å². The van der Waals surface area contributed by atoms with Gasteiger partial charge < -0.3 is 15.5 Å². The van der Waals surface area contributed by atoms with E-state index in [-0.39, 0.29) is 18.0 Å². The van der Waals surface area contributed by atoms with Crippen LogP contribution in [-0.4, -0.2) is 18.5 Å². The first-order chi connectivity index (χ1) is 12.0. The highest BCUT2D eigenvalue weighted by Gasteiger charge is 2.22. The molecular weight excluding hydrogens is 314 g/mol. The van der Waals surface area contributed by atoms with Crippen LogP contribution in [0.3, 0.4) is 0 Å². The molecule has 0 aromatic heterocycles. The number of hydrogen-bond acceptors (Lipinski definition) is 2. The van der Waals surface area contributed by atoms with Crippen LogP contribution in [0.15, 0.2) is 48.5 Å². The van der Waals surface area contributed by atoms with Crippen LogP contribution in [-0.2, 0) is 4.79 Å². The molecule has 1 fully saturated rings. The molecule has 1 saturated heterocycles. The van der Waals surface area contributed by atoms with Gasteiger partial charge in [0.15, 0.2) is 0 Å². The molecule has 1 heterocycles. The van der Waals surface area contributed by atoms with Crippen molar-refractivity contribution >= 4 is 23.3 Å². The van der Waals surface area contributed by atoms with Gasteiger partial charge in [0.05, 0.1) is 6.04 Å². The Hall–Kier alpha value is -2.82. The summed E-state index contributed by atoms with van der Waals surface area (Å²) in [5.74, 6) is 0.162. The Bertz CT molecular complexity index is 771. The highest BCUT2D eigenvalue weighted by molar-refractivity contribution is 5.95. The van der Waals surface area contributed by atoms with Gasteiger partial charge in [-0.15, -0.1) is 0 Å². The van der Waals surface area contributed by atoms with Crippen LogP contribution in [0.25, 0.3) is 0 Å². The van der Waals surface area contributed by atoms with Gasteiger partial charge in [-0.2, -0.15) is 0 Å². The molecule has 2 aromatic rings. The minimum Gasteiger partial charge on any atom is -0.331 e. The van der Waals surface area contributed by atoms with Gasteiger partial charge in [-0.3, -0.25) is 4.79 Å². The zero-order valence-corrected chi connectivity index (χ0v) is 14.6. The molecule has 0 bridgehead atoms. The Labute approximate surface area is 148 Å². The number of nitrogens with zero attached hydrogens (tertiary/aromatic N) is 1. The number of benzene rings is 2. The molecule has 1 aliphatic rings. The molecule has 2 N–H and O–H groups in total. The maximum absolute atomic E-state index is 12.2. The summed E-state index contributed by atoms with van der Waals surface area (Å²) in [5, 5.41) is 5.77. The number of aryl methyl sites for hydroxylation is 1. The SMILES string of the molecule is Cc1ccc(NC(=O)N[C@H](C)c2cccc(N3CCCC3=O)c2)cc1. The first-order valence-corrected chi connectivity index (χ1v) is 8.57. The molecular formula is C20H23N3O2. The Morgan fingerprint density at radius 2 is 1.92 bits per heavy atom. The standard InChI is InChI=1S/C20H23N3O2/c1-14-8-10-17(11-9-14)22-20(25)21-15(2)16-5-3-6-18(13-16)23-12-4-7-19(23)24/h3,5-6,8-11,13,15H,4,7,12H2,1-2H3,(H2,21,22,25)/t15-/m1/s1. The fraction of sp³-hybridized carbons (Fsp3) is 0.300. The topological polar surface area (TPSA) is 61.4 Å². The summed E-state index contributed by atoms with van der Waals surface area (Å²) in [4.78, 5) is 25.9. The zero-order chi connectivity index (χ0) is 17.8. The van der Waals surface area contributed by atoms with Crippen molar-refractivity contribution in [1.29, 1.82) is 0 Å². The van der Waals surface area contributed by atoms with Crippen molar-refractivity contribution in [2.45, 2.75) is 32.7 Å². The Morgan fingerprint density at radius 3 is 2.60 bits per heavy atom. The second kappa shape index (κ2) is 7.38. The lowest BCUT2D eigenvalue weighted by molar-refractivity contribution is -0.117. The van der Waals surface area contributed by atoms with Crippen molar-refractivity contribution < 1.29 is 9.59 Å². The third-order valence-corrected chi connectivity index (χ3v) is 4.41. The Kier molecular flexibility index (Phi) is 5.03. The molecule has 3 rings (SSSR count). The highest BCUT2D eigenvalue weighted by Crippen LogP contribution is 2.24. The van der Waals surface area contributed by atoms with E-state index in [9.17, 15) is 9.59 Å². The first-order valence-electron chi connectivity index (χ1n) is 8.57. The molecule has 0 aliphatic carbocycles. The Balaban J connectivity index is 1.64. The number of amides is 3. The molecule has 3 amide bonds. The summed E-state index contributed by atoms with van der Waals surface area (Å²) in [6.07, 6.45) is 1.51. The van der Waals surface area contributed by atoms with Gasteiger partial charge in [-0.05, 0) is 50.1 Å². The predicted molar refractivity (Wildman–Crippen MR) is 99.8 cm³/mol. The fourth-order valence-electron chi connectivity index (χ4n) is 2.97. The van der Waals surface area contributed by atoms with Gasteiger partial charge in [0, 0.05) is 24.3 Å². The molecule has 5 heteroatoms. The molecule has 0 radical (unpaired) electrons. The maximum Gasteiger partial charge on any atom is 0.319 e. The van der Waals surface area contributed by atoms with Crippen LogP contribution < -0.4 is 15.5 Å². The van der Waals surface area contributed by atoms with Gasteiger partial charge in [0.1, 0.15) is 0 Å². The summed E-state index contributed by atoms with van der Waals surface area (Å²) in [6, 6.07) is 15.0. The highest BCUT2D eigenvalue weighted by atomic mass is 16.2. The lowest BCUT2D eigenvalue weighted by atomic mass is 10.1. The molecule has 5 nitrogen and oxygen atoms in total. The summed E-state index contributed by atoms with van der Waals surface area (Å²) in [7, 11) is 0. The normalized spacial score (nSPS) is 15.1. The van der Waals surface area contributed by atoms with Gasteiger partial charge in [-0.1, -0.05) is 29.8 Å². The summed E-state index contributed by atoms with van der Waals surface area (Å²) < 4.78 is 0. The van der Waals surface area contributed by atoms with Crippen LogP contribution in [0.5, 0.6) is 0 Å². The quantitative estimate of drug-likeness (QED) is 0.886. The van der Waals surface area contributed by atoms with Gasteiger partial charge in [0.2, 0.25) is 5.91 Å². The van der Waals surface area contributed by atoms with Crippen LogP contribution in [0.1, 0.15) is 36.9 Å². The zero-order valence-electron chi connectivity index (χ0n) is 14.6. The predicted octanol–water partition coefficient (Wildman–Crippen LogP) is 4.00. The number of carbonyl (C=O) groups excluding carboxylic acids is 2. The molecule has 0 unspecified atom stereocenters. The minimum atomic E-state index is -0.251. The number of rotatable bonds is 4. The number of carbonyl (C=O) groups is 2. The minimum absolute atomic E-state index is 0.162. The average Bonchev–Trinajstić information content (AvgIpc) is 3.03. The third kappa shape index (κ3) is 4.18. The molecule has 1 atom stereocenters. The largest absolute Gasteiger partial charge is 0.331 e. The molecule has 25 heavy (non-hydrogen) atoms. The summed E-state index contributed by atoms with van der Waals surface area (Å²) in [6.45, 7) is 4.70. The van der Waals surface area contributed by atoms with E-state index in [1.54, 1.807) is 0 Å². The third-order valence-electron chi connectivity index (χ3n) is 4.41. The molecule has 0 saturated carbocycles. The van der Waals surface area contributed by atoms with E-state index in [0.29, 0.717) is 6.42 Å². The van der Waals surface area contributed by atoms with Crippen LogP contribution in [0.2, 0.25) is 0 Å².